The molecule has 1 unspecified atom stereocenters. The summed E-state index contributed by atoms with van der Waals surface area (Å²) in [6.45, 7) is 7.04. The molecule has 160 valence electrons. The van der Waals surface area contributed by atoms with Gasteiger partial charge in [-0.2, -0.15) is 0 Å². The monoisotopic (exact) mass is 403 g/mol. The van der Waals surface area contributed by atoms with Crippen LogP contribution in [0.1, 0.15) is 68.9 Å². The maximum atomic E-state index is 12.6. The smallest absolute Gasteiger partial charge is 0.222 e. The Morgan fingerprint density at radius 1 is 1.07 bits per heavy atom. The number of aromatic nitrogens is 1. The molecular weight excluding hydrogens is 370 g/mol. The molecule has 3 aliphatic heterocycles. The molecule has 7 heteroatoms. The highest BCUT2D eigenvalue weighted by molar-refractivity contribution is 5.76. The lowest BCUT2D eigenvalue weighted by molar-refractivity contribution is -0.140. The predicted molar refractivity (Wildman–Crippen MR) is 107 cm³/mol. The van der Waals surface area contributed by atoms with Crippen molar-refractivity contribution in [1.29, 1.82) is 0 Å². The molecule has 3 atom stereocenters. The molecule has 0 radical (unpaired) electrons. The fourth-order valence-corrected chi connectivity index (χ4v) is 5.51. The van der Waals surface area contributed by atoms with E-state index < -0.39 is 0 Å². The second-order valence-electron chi connectivity index (χ2n) is 8.92. The van der Waals surface area contributed by atoms with Gasteiger partial charge >= 0.3 is 0 Å². The van der Waals surface area contributed by atoms with Crippen LogP contribution in [0.5, 0.6) is 0 Å². The molecule has 7 nitrogen and oxygen atoms in total. The zero-order valence-corrected chi connectivity index (χ0v) is 17.9. The number of nitrogens with zero attached hydrogens (tertiary/aromatic N) is 3. The van der Waals surface area contributed by atoms with Gasteiger partial charge in [0, 0.05) is 44.1 Å². The standard InChI is InChI=1S/C22H33N3O4/c1-14-21(15(2)29-23-14)6-7-22(27)24-10-8-19(9-11-24)28-20-12-17-4-5-18(13-20)25(17)16(3)26/h17-20H,4-13H2,1-3H3/t17-,18+,20?. The Morgan fingerprint density at radius 2 is 1.72 bits per heavy atom. The van der Waals surface area contributed by atoms with E-state index in [0.717, 1.165) is 68.6 Å². The van der Waals surface area contributed by atoms with Gasteiger partial charge in [0.2, 0.25) is 11.8 Å². The van der Waals surface area contributed by atoms with Crippen molar-refractivity contribution >= 4 is 11.8 Å². The Bertz CT molecular complexity index is 720. The van der Waals surface area contributed by atoms with E-state index in [1.54, 1.807) is 6.92 Å². The van der Waals surface area contributed by atoms with Gasteiger partial charge in [-0.25, -0.2) is 0 Å². The fraction of sp³-hybridized carbons (Fsp3) is 0.773. The minimum Gasteiger partial charge on any atom is -0.375 e. The highest BCUT2D eigenvalue weighted by Gasteiger charge is 2.43. The summed E-state index contributed by atoms with van der Waals surface area (Å²) in [5, 5.41) is 3.96. The first kappa shape index (κ1) is 20.4. The number of amides is 2. The Balaban J connectivity index is 1.21. The van der Waals surface area contributed by atoms with Crippen LogP contribution in [-0.2, 0) is 20.7 Å². The van der Waals surface area contributed by atoms with Crippen molar-refractivity contribution in [3.05, 3.63) is 17.0 Å². The molecule has 1 aromatic rings. The molecule has 0 spiro atoms. The van der Waals surface area contributed by atoms with Gasteiger partial charge in [0.05, 0.1) is 17.9 Å². The molecule has 4 rings (SSSR count). The summed E-state index contributed by atoms with van der Waals surface area (Å²) in [5.41, 5.74) is 1.94. The average molecular weight is 404 g/mol. The lowest BCUT2D eigenvalue weighted by Gasteiger charge is -2.41. The van der Waals surface area contributed by atoms with Crippen LogP contribution in [0.3, 0.4) is 0 Å². The number of carbonyl (C=O) groups excluding carboxylic acids is 2. The Morgan fingerprint density at radius 3 is 2.28 bits per heavy atom. The number of fused-ring (bicyclic) bond motifs is 2. The van der Waals surface area contributed by atoms with Gasteiger partial charge < -0.3 is 19.1 Å². The largest absolute Gasteiger partial charge is 0.375 e. The van der Waals surface area contributed by atoms with E-state index in [4.69, 9.17) is 9.26 Å². The predicted octanol–water partition coefficient (Wildman–Crippen LogP) is 2.77. The quantitative estimate of drug-likeness (QED) is 0.756. The maximum Gasteiger partial charge on any atom is 0.222 e. The Hall–Kier alpha value is -1.89. The van der Waals surface area contributed by atoms with Gasteiger partial charge in [0.1, 0.15) is 5.76 Å². The highest BCUT2D eigenvalue weighted by Crippen LogP contribution is 2.37. The summed E-state index contributed by atoms with van der Waals surface area (Å²) in [7, 11) is 0. The number of hydrogen-bond donors (Lipinski definition) is 0. The van der Waals surface area contributed by atoms with Crippen LogP contribution < -0.4 is 0 Å². The molecule has 0 N–H and O–H groups in total. The summed E-state index contributed by atoms with van der Waals surface area (Å²) >= 11 is 0. The molecular formula is C22H33N3O4. The number of piperidine rings is 2. The molecule has 0 aliphatic carbocycles. The van der Waals surface area contributed by atoms with Crippen molar-refractivity contribution in [2.75, 3.05) is 13.1 Å². The fourth-order valence-electron chi connectivity index (χ4n) is 5.51. The first-order chi connectivity index (χ1) is 13.9. The SMILES string of the molecule is CC(=O)N1[C@@H]2CC[C@H]1CC(OC1CCN(C(=O)CCc3c(C)noc3C)CC1)C2. The summed E-state index contributed by atoms with van der Waals surface area (Å²) in [6, 6.07) is 0.726. The first-order valence-corrected chi connectivity index (χ1v) is 11.1. The third-order valence-corrected chi connectivity index (χ3v) is 7.00. The second kappa shape index (κ2) is 8.46. The van der Waals surface area contributed by atoms with Crippen LogP contribution in [0.4, 0.5) is 0 Å². The normalized spacial score (nSPS) is 27.5. The van der Waals surface area contributed by atoms with Crippen molar-refractivity contribution in [1.82, 2.24) is 15.0 Å². The minimum atomic E-state index is 0.205. The van der Waals surface area contributed by atoms with Crippen molar-refractivity contribution < 1.29 is 18.8 Å². The summed E-state index contributed by atoms with van der Waals surface area (Å²) in [6.07, 6.45) is 7.64. The van der Waals surface area contributed by atoms with Gasteiger partial charge in [-0.3, -0.25) is 9.59 Å². The number of hydrogen-bond acceptors (Lipinski definition) is 5. The topological polar surface area (TPSA) is 75.9 Å². The van der Waals surface area contributed by atoms with Gasteiger partial charge in [-0.1, -0.05) is 5.16 Å². The molecule has 0 aromatic carbocycles. The van der Waals surface area contributed by atoms with Gasteiger partial charge in [-0.05, 0) is 58.8 Å². The maximum absolute atomic E-state index is 12.6. The van der Waals surface area contributed by atoms with Crippen LogP contribution in [-0.4, -0.2) is 64.2 Å². The van der Waals surface area contributed by atoms with E-state index in [1.165, 1.54) is 0 Å². The van der Waals surface area contributed by atoms with Gasteiger partial charge in [0.25, 0.3) is 0 Å². The average Bonchev–Trinajstić information content (AvgIpc) is 3.16. The second-order valence-corrected chi connectivity index (χ2v) is 8.92. The van der Waals surface area contributed by atoms with E-state index in [1.807, 2.05) is 18.7 Å². The summed E-state index contributed by atoms with van der Waals surface area (Å²) in [4.78, 5) is 28.5. The van der Waals surface area contributed by atoms with Crippen LogP contribution in [0, 0.1) is 13.8 Å². The first-order valence-electron chi connectivity index (χ1n) is 11.1. The Kier molecular flexibility index (Phi) is 5.95. The molecule has 0 saturated carbocycles. The number of likely N-dealkylation sites (tertiary alicyclic amines) is 1. The van der Waals surface area contributed by atoms with Gasteiger partial charge in [-0.15, -0.1) is 0 Å². The number of ether oxygens (including phenoxy) is 1. The van der Waals surface area contributed by atoms with Crippen LogP contribution in [0.2, 0.25) is 0 Å². The zero-order chi connectivity index (χ0) is 20.5. The number of aryl methyl sites for hydroxylation is 2. The van der Waals surface area contributed by atoms with E-state index >= 15 is 0 Å². The van der Waals surface area contributed by atoms with E-state index in [2.05, 4.69) is 10.1 Å². The van der Waals surface area contributed by atoms with E-state index in [-0.39, 0.29) is 24.0 Å². The molecule has 3 fully saturated rings. The lowest BCUT2D eigenvalue weighted by Crippen LogP contribution is -2.49. The van der Waals surface area contributed by atoms with E-state index in [9.17, 15) is 9.59 Å². The van der Waals surface area contributed by atoms with Crippen molar-refractivity contribution in [2.45, 2.75) is 96.4 Å². The molecule has 3 saturated heterocycles. The van der Waals surface area contributed by atoms with Crippen LogP contribution in [0.25, 0.3) is 0 Å². The zero-order valence-electron chi connectivity index (χ0n) is 17.9. The Labute approximate surface area is 172 Å². The molecule has 29 heavy (non-hydrogen) atoms. The molecule has 2 bridgehead atoms. The highest BCUT2D eigenvalue weighted by atomic mass is 16.5. The van der Waals surface area contributed by atoms with Gasteiger partial charge in [0.15, 0.2) is 0 Å². The van der Waals surface area contributed by atoms with Crippen LogP contribution >= 0.6 is 0 Å². The molecule has 3 aliphatic rings. The molecule has 4 heterocycles. The van der Waals surface area contributed by atoms with Crippen molar-refractivity contribution in [3.8, 4) is 0 Å². The van der Waals surface area contributed by atoms with Crippen LogP contribution in [0.15, 0.2) is 4.52 Å². The van der Waals surface area contributed by atoms with Crippen molar-refractivity contribution in [2.24, 2.45) is 0 Å². The number of carbonyl (C=O) groups is 2. The lowest BCUT2D eigenvalue weighted by atomic mass is 9.98. The summed E-state index contributed by atoms with van der Waals surface area (Å²) in [5.74, 6) is 1.22. The molecule has 1 aromatic heterocycles. The van der Waals surface area contributed by atoms with Crippen molar-refractivity contribution in [3.63, 3.8) is 0 Å². The summed E-state index contributed by atoms with van der Waals surface area (Å²) < 4.78 is 11.6. The molecule has 2 amide bonds. The third-order valence-electron chi connectivity index (χ3n) is 7.00. The third kappa shape index (κ3) is 4.34. The number of rotatable bonds is 5. The van der Waals surface area contributed by atoms with E-state index in [0.29, 0.717) is 24.9 Å². The minimum absolute atomic E-state index is 0.205.